The Bertz CT molecular complexity index is 536. The van der Waals surface area contributed by atoms with E-state index in [1.165, 1.54) is 11.3 Å². The summed E-state index contributed by atoms with van der Waals surface area (Å²) in [4.78, 5) is 0. The van der Waals surface area contributed by atoms with E-state index in [4.69, 9.17) is 4.74 Å². The molecule has 0 aliphatic carbocycles. The number of benzene rings is 1. The molecule has 0 fully saturated rings. The van der Waals surface area contributed by atoms with Gasteiger partial charge in [-0.25, -0.2) is 0 Å². The largest absolute Gasteiger partial charge is 0.494 e. The van der Waals surface area contributed by atoms with E-state index in [-0.39, 0.29) is 6.04 Å². The number of hydrogen-bond acceptors (Lipinski definition) is 3. The molecule has 1 N–H and O–H groups in total. The Kier molecular flexibility index (Phi) is 5.18. The molecule has 0 saturated heterocycles. The van der Waals surface area contributed by atoms with E-state index in [9.17, 15) is 0 Å². The third-order valence-corrected chi connectivity index (χ3v) is 3.26. The van der Waals surface area contributed by atoms with Crippen LogP contribution in [0.4, 0.5) is 0 Å². The average molecular weight is 273 g/mol. The van der Waals surface area contributed by atoms with Crippen LogP contribution in [-0.4, -0.2) is 22.9 Å². The lowest BCUT2D eigenvalue weighted by Gasteiger charge is -2.20. The maximum atomic E-state index is 5.60. The van der Waals surface area contributed by atoms with Crippen LogP contribution in [0, 0.1) is 0 Å². The van der Waals surface area contributed by atoms with Crippen molar-refractivity contribution in [2.45, 2.75) is 33.4 Å². The maximum absolute atomic E-state index is 5.60. The lowest BCUT2D eigenvalue weighted by atomic mass is 10.0. The Morgan fingerprint density at radius 2 is 2.10 bits per heavy atom. The summed E-state index contributed by atoms with van der Waals surface area (Å²) in [6.07, 6.45) is 1.86. The van der Waals surface area contributed by atoms with Gasteiger partial charge in [0.1, 0.15) is 5.75 Å². The van der Waals surface area contributed by atoms with Gasteiger partial charge in [0.2, 0.25) is 0 Å². The third-order valence-electron chi connectivity index (χ3n) is 3.26. The molecule has 20 heavy (non-hydrogen) atoms. The molecule has 2 aromatic rings. The molecule has 4 heteroatoms. The number of aromatic nitrogens is 2. The Morgan fingerprint density at radius 3 is 2.80 bits per heavy atom. The van der Waals surface area contributed by atoms with E-state index in [0.717, 1.165) is 18.8 Å². The lowest BCUT2D eigenvalue weighted by molar-refractivity contribution is 0.339. The molecule has 1 atom stereocenters. The van der Waals surface area contributed by atoms with Gasteiger partial charge in [-0.1, -0.05) is 19.1 Å². The van der Waals surface area contributed by atoms with Crippen LogP contribution in [0.3, 0.4) is 0 Å². The first-order valence-electron chi connectivity index (χ1n) is 7.28. The molecule has 108 valence electrons. The van der Waals surface area contributed by atoms with Crippen molar-refractivity contribution in [1.29, 1.82) is 0 Å². The highest BCUT2D eigenvalue weighted by Crippen LogP contribution is 2.25. The van der Waals surface area contributed by atoms with Crippen molar-refractivity contribution >= 4 is 0 Å². The van der Waals surface area contributed by atoms with Crippen molar-refractivity contribution in [2.24, 2.45) is 0 Å². The summed E-state index contributed by atoms with van der Waals surface area (Å²) >= 11 is 0. The first kappa shape index (κ1) is 14.6. The highest BCUT2D eigenvalue weighted by molar-refractivity contribution is 5.34. The van der Waals surface area contributed by atoms with Gasteiger partial charge in [-0.05, 0) is 44.2 Å². The molecule has 1 aromatic carbocycles. The second-order valence-corrected chi connectivity index (χ2v) is 4.57. The van der Waals surface area contributed by atoms with E-state index in [1.807, 2.05) is 29.9 Å². The number of ether oxygens (including phenoxy) is 1. The zero-order chi connectivity index (χ0) is 14.4. The molecule has 1 aromatic heterocycles. The smallest absolute Gasteiger partial charge is 0.119 e. The predicted octanol–water partition coefficient (Wildman–Crippen LogP) is 3.00. The summed E-state index contributed by atoms with van der Waals surface area (Å²) in [6.45, 7) is 8.68. The molecule has 1 heterocycles. The standard InChI is InChI=1S/C16H23N3O/c1-4-17-16(15-10-11-18-19(15)5-2)13-8-7-9-14(12-13)20-6-3/h7-12,16-17H,4-6H2,1-3H3. The van der Waals surface area contributed by atoms with Gasteiger partial charge < -0.3 is 10.1 Å². The van der Waals surface area contributed by atoms with E-state index < -0.39 is 0 Å². The predicted molar refractivity (Wildman–Crippen MR) is 81.0 cm³/mol. The fourth-order valence-corrected chi connectivity index (χ4v) is 2.40. The Balaban J connectivity index is 2.35. The number of aryl methyl sites for hydroxylation is 1. The van der Waals surface area contributed by atoms with Gasteiger partial charge in [0.25, 0.3) is 0 Å². The van der Waals surface area contributed by atoms with Gasteiger partial charge in [-0.2, -0.15) is 5.10 Å². The van der Waals surface area contributed by atoms with Crippen molar-refractivity contribution in [2.75, 3.05) is 13.2 Å². The van der Waals surface area contributed by atoms with Gasteiger partial charge in [-0.15, -0.1) is 0 Å². The average Bonchev–Trinajstić information content (AvgIpc) is 2.93. The van der Waals surface area contributed by atoms with Gasteiger partial charge >= 0.3 is 0 Å². The molecule has 0 amide bonds. The number of nitrogens with zero attached hydrogens (tertiary/aromatic N) is 2. The molecular formula is C16H23N3O. The fourth-order valence-electron chi connectivity index (χ4n) is 2.40. The first-order valence-corrected chi connectivity index (χ1v) is 7.28. The topological polar surface area (TPSA) is 39.1 Å². The van der Waals surface area contributed by atoms with Crippen molar-refractivity contribution in [1.82, 2.24) is 15.1 Å². The van der Waals surface area contributed by atoms with Crippen LogP contribution in [0.2, 0.25) is 0 Å². The molecule has 0 bridgehead atoms. The molecule has 0 spiro atoms. The molecule has 2 rings (SSSR count). The summed E-state index contributed by atoms with van der Waals surface area (Å²) in [5.74, 6) is 0.912. The van der Waals surface area contributed by atoms with Gasteiger partial charge in [0, 0.05) is 12.7 Å². The van der Waals surface area contributed by atoms with Crippen LogP contribution >= 0.6 is 0 Å². The van der Waals surface area contributed by atoms with E-state index in [1.54, 1.807) is 0 Å². The van der Waals surface area contributed by atoms with Gasteiger partial charge in [-0.3, -0.25) is 4.68 Å². The van der Waals surface area contributed by atoms with E-state index in [0.29, 0.717) is 6.61 Å². The zero-order valence-electron chi connectivity index (χ0n) is 12.5. The van der Waals surface area contributed by atoms with E-state index >= 15 is 0 Å². The molecule has 0 aliphatic heterocycles. The first-order chi connectivity index (χ1) is 9.80. The number of hydrogen-bond donors (Lipinski definition) is 1. The maximum Gasteiger partial charge on any atom is 0.119 e. The van der Waals surface area contributed by atoms with Crippen molar-refractivity contribution in [3.63, 3.8) is 0 Å². The minimum Gasteiger partial charge on any atom is -0.494 e. The monoisotopic (exact) mass is 273 g/mol. The minimum atomic E-state index is 0.142. The van der Waals surface area contributed by atoms with Crippen LogP contribution in [-0.2, 0) is 6.54 Å². The van der Waals surface area contributed by atoms with Crippen LogP contribution in [0.1, 0.15) is 38.1 Å². The molecule has 0 saturated carbocycles. The van der Waals surface area contributed by atoms with Crippen LogP contribution in [0.15, 0.2) is 36.5 Å². The van der Waals surface area contributed by atoms with Crippen LogP contribution < -0.4 is 10.1 Å². The normalized spacial score (nSPS) is 12.3. The quantitative estimate of drug-likeness (QED) is 0.843. The Morgan fingerprint density at radius 1 is 1.25 bits per heavy atom. The Hall–Kier alpha value is -1.81. The highest BCUT2D eigenvalue weighted by Gasteiger charge is 2.17. The van der Waals surface area contributed by atoms with Crippen molar-refractivity contribution in [3.8, 4) is 5.75 Å². The molecule has 0 aliphatic rings. The summed E-state index contributed by atoms with van der Waals surface area (Å²) < 4.78 is 7.63. The lowest BCUT2D eigenvalue weighted by Crippen LogP contribution is -2.24. The molecule has 1 unspecified atom stereocenters. The SMILES string of the molecule is CCNC(c1cccc(OCC)c1)c1ccnn1CC. The van der Waals surface area contributed by atoms with Crippen LogP contribution in [0.25, 0.3) is 0 Å². The van der Waals surface area contributed by atoms with Gasteiger partial charge in [0.05, 0.1) is 18.3 Å². The minimum absolute atomic E-state index is 0.142. The Labute approximate surface area is 120 Å². The van der Waals surface area contributed by atoms with E-state index in [2.05, 4.69) is 42.5 Å². The zero-order valence-corrected chi connectivity index (χ0v) is 12.5. The fraction of sp³-hybridized carbons (Fsp3) is 0.438. The summed E-state index contributed by atoms with van der Waals surface area (Å²) in [5.41, 5.74) is 2.39. The molecule has 4 nitrogen and oxygen atoms in total. The van der Waals surface area contributed by atoms with Gasteiger partial charge in [0.15, 0.2) is 0 Å². The van der Waals surface area contributed by atoms with Crippen molar-refractivity contribution < 1.29 is 4.74 Å². The van der Waals surface area contributed by atoms with Crippen molar-refractivity contribution in [3.05, 3.63) is 47.8 Å². The third kappa shape index (κ3) is 3.20. The summed E-state index contributed by atoms with van der Waals surface area (Å²) in [7, 11) is 0. The summed E-state index contributed by atoms with van der Waals surface area (Å²) in [6, 6.07) is 10.5. The molecule has 0 radical (unpaired) electrons. The summed E-state index contributed by atoms with van der Waals surface area (Å²) in [5, 5.41) is 7.90. The number of rotatable bonds is 7. The number of nitrogens with one attached hydrogen (secondary N) is 1. The molecular weight excluding hydrogens is 250 g/mol. The second-order valence-electron chi connectivity index (χ2n) is 4.57. The second kappa shape index (κ2) is 7.10. The van der Waals surface area contributed by atoms with Crippen LogP contribution in [0.5, 0.6) is 5.75 Å². The highest BCUT2D eigenvalue weighted by atomic mass is 16.5.